The smallest absolute Gasteiger partial charge is 0.131 e. The molecule has 0 saturated carbocycles. The fraction of sp³-hybridized carbons (Fsp3) is 0.941. The van der Waals surface area contributed by atoms with Crippen LogP contribution in [0.15, 0.2) is 0 Å². The van der Waals surface area contributed by atoms with Crippen molar-refractivity contribution >= 4 is 5.78 Å². The summed E-state index contributed by atoms with van der Waals surface area (Å²) in [6.07, 6.45) is 11.4. The van der Waals surface area contributed by atoms with Crippen LogP contribution in [-0.2, 0) is 4.79 Å². The average molecular weight is 280 g/mol. The van der Waals surface area contributed by atoms with Crippen LogP contribution in [0.3, 0.4) is 0 Å². The van der Waals surface area contributed by atoms with E-state index >= 15 is 0 Å². The zero-order valence-electron chi connectivity index (χ0n) is 13.4. The molecule has 2 saturated heterocycles. The number of likely N-dealkylation sites (tertiary alicyclic amines) is 2. The van der Waals surface area contributed by atoms with Crippen molar-refractivity contribution in [2.75, 3.05) is 26.7 Å². The van der Waals surface area contributed by atoms with Gasteiger partial charge in [0.1, 0.15) is 5.78 Å². The molecule has 3 nitrogen and oxygen atoms in total. The van der Waals surface area contributed by atoms with Gasteiger partial charge in [-0.3, -0.25) is 9.69 Å². The first-order valence-corrected chi connectivity index (χ1v) is 8.60. The highest BCUT2D eigenvalue weighted by atomic mass is 16.1. The molecule has 0 spiro atoms. The highest BCUT2D eigenvalue weighted by Crippen LogP contribution is 2.23. The van der Waals surface area contributed by atoms with Gasteiger partial charge in [-0.15, -0.1) is 0 Å². The average Bonchev–Trinajstić information content (AvgIpc) is 2.63. The third-order valence-corrected chi connectivity index (χ3v) is 5.19. The number of carbonyl (C=O) groups is 1. The Morgan fingerprint density at radius 2 is 1.70 bits per heavy atom. The summed E-state index contributed by atoms with van der Waals surface area (Å²) in [5.74, 6) is 0.358. The van der Waals surface area contributed by atoms with E-state index in [1.165, 1.54) is 71.0 Å². The van der Waals surface area contributed by atoms with Gasteiger partial charge in [0, 0.05) is 18.5 Å². The molecule has 0 bridgehead atoms. The standard InChI is InChI=1S/C17H32N2O/c1-15(20)14-17-9-4-3-6-12-19(17)13-10-16-8-5-7-11-18(16)2/h16-17H,3-14H2,1-2H3. The van der Waals surface area contributed by atoms with E-state index in [4.69, 9.17) is 0 Å². The summed E-state index contributed by atoms with van der Waals surface area (Å²) in [5.41, 5.74) is 0. The molecule has 2 aliphatic heterocycles. The second-order valence-electron chi connectivity index (χ2n) is 6.86. The van der Waals surface area contributed by atoms with Crippen molar-refractivity contribution in [3.8, 4) is 0 Å². The van der Waals surface area contributed by atoms with Crippen LogP contribution in [0.25, 0.3) is 0 Å². The molecule has 0 aromatic carbocycles. The first-order valence-electron chi connectivity index (χ1n) is 8.60. The second kappa shape index (κ2) is 8.14. The Balaban J connectivity index is 1.84. The van der Waals surface area contributed by atoms with Crippen molar-refractivity contribution in [3.05, 3.63) is 0 Å². The Bertz CT molecular complexity index is 305. The fourth-order valence-corrected chi connectivity index (χ4v) is 3.92. The van der Waals surface area contributed by atoms with Gasteiger partial charge in [-0.25, -0.2) is 0 Å². The lowest BCUT2D eigenvalue weighted by Gasteiger charge is -2.36. The van der Waals surface area contributed by atoms with Crippen molar-refractivity contribution < 1.29 is 4.79 Å². The van der Waals surface area contributed by atoms with Gasteiger partial charge in [0.25, 0.3) is 0 Å². The fourth-order valence-electron chi connectivity index (χ4n) is 3.92. The number of piperidine rings is 1. The van der Waals surface area contributed by atoms with Crippen LogP contribution in [-0.4, -0.2) is 54.3 Å². The van der Waals surface area contributed by atoms with Gasteiger partial charge in [-0.2, -0.15) is 0 Å². The molecule has 116 valence electrons. The van der Waals surface area contributed by atoms with Gasteiger partial charge in [0.2, 0.25) is 0 Å². The van der Waals surface area contributed by atoms with Gasteiger partial charge in [-0.1, -0.05) is 19.3 Å². The Kier molecular flexibility index (Phi) is 6.50. The Morgan fingerprint density at radius 1 is 1.00 bits per heavy atom. The molecule has 3 heteroatoms. The molecule has 0 aromatic heterocycles. The molecular weight excluding hydrogens is 248 g/mol. The summed E-state index contributed by atoms with van der Waals surface area (Å²) in [5, 5.41) is 0. The summed E-state index contributed by atoms with van der Waals surface area (Å²) in [6.45, 7) is 5.40. The van der Waals surface area contributed by atoms with Crippen LogP contribution in [0.4, 0.5) is 0 Å². The summed E-state index contributed by atoms with van der Waals surface area (Å²) in [7, 11) is 2.28. The number of carbonyl (C=O) groups excluding carboxylic acids is 1. The predicted octanol–water partition coefficient (Wildman–Crippen LogP) is 3.08. The topological polar surface area (TPSA) is 23.6 Å². The summed E-state index contributed by atoms with van der Waals surface area (Å²) in [4.78, 5) is 16.7. The van der Waals surface area contributed by atoms with E-state index in [0.29, 0.717) is 11.8 Å². The molecule has 0 N–H and O–H groups in total. The molecule has 2 atom stereocenters. The molecule has 0 aromatic rings. The summed E-state index contributed by atoms with van der Waals surface area (Å²) >= 11 is 0. The van der Waals surface area contributed by atoms with Crippen LogP contribution in [0.5, 0.6) is 0 Å². The molecule has 0 radical (unpaired) electrons. The molecule has 2 heterocycles. The Morgan fingerprint density at radius 3 is 2.45 bits per heavy atom. The molecule has 20 heavy (non-hydrogen) atoms. The first-order chi connectivity index (χ1) is 9.66. The first kappa shape index (κ1) is 16.0. The van der Waals surface area contributed by atoms with Gasteiger partial charge >= 0.3 is 0 Å². The molecule has 2 rings (SSSR count). The lowest BCUT2D eigenvalue weighted by molar-refractivity contribution is -0.118. The third-order valence-electron chi connectivity index (χ3n) is 5.19. The molecule has 2 aliphatic rings. The van der Waals surface area contributed by atoms with Crippen molar-refractivity contribution in [1.82, 2.24) is 9.80 Å². The highest BCUT2D eigenvalue weighted by molar-refractivity contribution is 5.76. The van der Waals surface area contributed by atoms with E-state index in [2.05, 4.69) is 16.8 Å². The van der Waals surface area contributed by atoms with E-state index in [9.17, 15) is 4.79 Å². The van der Waals surface area contributed by atoms with Gasteiger partial charge in [0.15, 0.2) is 0 Å². The minimum absolute atomic E-state index is 0.358. The lowest BCUT2D eigenvalue weighted by atomic mass is 9.99. The Labute approximate surface area is 124 Å². The number of Topliss-reactive ketones (excluding diaryl/α,β-unsaturated/α-hetero) is 1. The van der Waals surface area contributed by atoms with E-state index < -0.39 is 0 Å². The lowest BCUT2D eigenvalue weighted by Crippen LogP contribution is -2.42. The summed E-state index contributed by atoms with van der Waals surface area (Å²) in [6, 6.07) is 1.29. The molecule has 2 fully saturated rings. The van der Waals surface area contributed by atoms with Crippen molar-refractivity contribution in [1.29, 1.82) is 0 Å². The second-order valence-corrected chi connectivity index (χ2v) is 6.86. The highest BCUT2D eigenvalue weighted by Gasteiger charge is 2.24. The number of rotatable bonds is 5. The van der Waals surface area contributed by atoms with Crippen molar-refractivity contribution in [2.24, 2.45) is 0 Å². The van der Waals surface area contributed by atoms with E-state index in [0.717, 1.165) is 12.5 Å². The largest absolute Gasteiger partial charge is 0.303 e. The molecular formula is C17H32N2O. The SMILES string of the molecule is CC(=O)CC1CCCCCN1CCC1CCCCN1C. The van der Waals surface area contributed by atoms with Gasteiger partial charge in [0.05, 0.1) is 0 Å². The molecule has 0 aliphatic carbocycles. The monoisotopic (exact) mass is 280 g/mol. The van der Waals surface area contributed by atoms with Crippen LogP contribution >= 0.6 is 0 Å². The van der Waals surface area contributed by atoms with Crippen LogP contribution in [0.2, 0.25) is 0 Å². The maximum atomic E-state index is 11.5. The number of hydrogen-bond donors (Lipinski definition) is 0. The van der Waals surface area contributed by atoms with Crippen LogP contribution in [0.1, 0.15) is 64.7 Å². The van der Waals surface area contributed by atoms with E-state index in [1.54, 1.807) is 6.92 Å². The molecule has 0 amide bonds. The maximum Gasteiger partial charge on any atom is 0.131 e. The van der Waals surface area contributed by atoms with Crippen molar-refractivity contribution in [3.63, 3.8) is 0 Å². The number of nitrogens with zero attached hydrogens (tertiary/aromatic N) is 2. The Hall–Kier alpha value is -0.410. The van der Waals surface area contributed by atoms with Gasteiger partial charge < -0.3 is 4.90 Å². The van der Waals surface area contributed by atoms with Crippen LogP contribution in [0, 0.1) is 0 Å². The number of hydrogen-bond acceptors (Lipinski definition) is 3. The number of ketones is 1. The zero-order valence-corrected chi connectivity index (χ0v) is 13.4. The predicted molar refractivity (Wildman–Crippen MR) is 84.0 cm³/mol. The third kappa shape index (κ3) is 4.85. The van der Waals surface area contributed by atoms with Gasteiger partial charge in [-0.05, 0) is 65.7 Å². The molecule has 2 unspecified atom stereocenters. The quantitative estimate of drug-likeness (QED) is 0.773. The van der Waals surface area contributed by atoms with E-state index in [-0.39, 0.29) is 0 Å². The summed E-state index contributed by atoms with van der Waals surface area (Å²) < 4.78 is 0. The minimum atomic E-state index is 0.358. The van der Waals surface area contributed by atoms with Crippen molar-refractivity contribution in [2.45, 2.75) is 76.8 Å². The van der Waals surface area contributed by atoms with E-state index in [1.807, 2.05) is 0 Å². The normalized spacial score (nSPS) is 30.1. The maximum absolute atomic E-state index is 11.5. The zero-order chi connectivity index (χ0) is 14.4. The minimum Gasteiger partial charge on any atom is -0.303 e. The van der Waals surface area contributed by atoms with Crippen LogP contribution < -0.4 is 0 Å².